The Balaban J connectivity index is 1.37. The van der Waals surface area contributed by atoms with Gasteiger partial charge in [-0.25, -0.2) is 0 Å². The van der Waals surface area contributed by atoms with Gasteiger partial charge in [-0.2, -0.15) is 0 Å². The summed E-state index contributed by atoms with van der Waals surface area (Å²) in [5, 5.41) is 0. The lowest BCUT2D eigenvalue weighted by Crippen LogP contribution is -2.26. The summed E-state index contributed by atoms with van der Waals surface area (Å²) in [5.74, 6) is 3.00. The topological polar surface area (TPSA) is 70.5 Å². The second kappa shape index (κ2) is 10.9. The van der Waals surface area contributed by atoms with Gasteiger partial charge in [0.25, 0.3) is 0 Å². The molecule has 0 bridgehead atoms. The summed E-state index contributed by atoms with van der Waals surface area (Å²) in [6, 6.07) is 40.0. The first kappa shape index (κ1) is 25.1. The van der Waals surface area contributed by atoms with Crippen LogP contribution in [-0.4, -0.2) is 0 Å². The largest absolute Gasteiger partial charge is 0.457 e. The van der Waals surface area contributed by atoms with Gasteiger partial charge < -0.3 is 20.9 Å². The van der Waals surface area contributed by atoms with Gasteiger partial charge in [0.15, 0.2) is 0 Å². The number of benzene rings is 5. The van der Waals surface area contributed by atoms with Crippen LogP contribution < -0.4 is 20.9 Å². The Hall–Kier alpha value is -5.22. The molecule has 0 spiro atoms. The van der Waals surface area contributed by atoms with Crippen molar-refractivity contribution >= 4 is 11.4 Å². The number of anilines is 2. The van der Waals surface area contributed by atoms with Gasteiger partial charge in [0.05, 0.1) is 0 Å². The fraction of sp³-hybridized carbons (Fsp3) is 0.0556. The van der Waals surface area contributed by atoms with Crippen LogP contribution >= 0.6 is 0 Å². The van der Waals surface area contributed by atoms with Crippen LogP contribution in [0, 0.1) is 0 Å². The minimum absolute atomic E-state index is 0.387. The van der Waals surface area contributed by atoms with E-state index in [4.69, 9.17) is 20.9 Å². The van der Waals surface area contributed by atoms with Gasteiger partial charge in [-0.1, -0.05) is 97.1 Å². The Bertz CT molecular complexity index is 1700. The van der Waals surface area contributed by atoms with E-state index in [0.717, 1.165) is 34.6 Å². The molecular formula is C36H30N2O2. The van der Waals surface area contributed by atoms with Crippen LogP contribution in [0.25, 0.3) is 11.1 Å². The number of nitrogens with two attached hydrogens (primary N) is 2. The molecule has 1 aliphatic carbocycles. The van der Waals surface area contributed by atoms with Crippen LogP contribution in [0.15, 0.2) is 146 Å². The molecule has 6 rings (SSSR count). The van der Waals surface area contributed by atoms with Gasteiger partial charge in [-0.05, 0) is 53.9 Å². The first-order valence-corrected chi connectivity index (χ1v) is 13.3. The zero-order chi connectivity index (χ0) is 27.4. The first-order chi connectivity index (χ1) is 19.6. The minimum atomic E-state index is -0.387. The Morgan fingerprint density at radius 3 is 1.85 bits per heavy atom. The minimum Gasteiger partial charge on any atom is -0.457 e. The maximum absolute atomic E-state index is 6.40. The van der Waals surface area contributed by atoms with Crippen LogP contribution in [0.1, 0.15) is 17.5 Å². The third-order valence-corrected chi connectivity index (χ3v) is 7.21. The van der Waals surface area contributed by atoms with E-state index in [1.807, 2.05) is 78.9 Å². The Labute approximate surface area is 234 Å². The predicted octanol–water partition coefficient (Wildman–Crippen LogP) is 8.90. The Kier molecular flexibility index (Phi) is 6.82. The molecule has 5 aromatic rings. The maximum Gasteiger partial charge on any atom is 0.135 e. The highest BCUT2D eigenvalue weighted by Crippen LogP contribution is 2.45. The molecule has 0 amide bonds. The van der Waals surface area contributed by atoms with Gasteiger partial charge in [-0.3, -0.25) is 0 Å². The molecular weight excluding hydrogens is 492 g/mol. The van der Waals surface area contributed by atoms with Crippen molar-refractivity contribution < 1.29 is 9.47 Å². The summed E-state index contributed by atoms with van der Waals surface area (Å²) in [6.07, 6.45) is 9.50. The van der Waals surface area contributed by atoms with E-state index >= 15 is 0 Å². The molecule has 0 heterocycles. The average Bonchev–Trinajstić information content (AvgIpc) is 2.98. The Morgan fingerprint density at radius 2 is 1.20 bits per heavy atom. The van der Waals surface area contributed by atoms with Crippen molar-refractivity contribution in [3.05, 3.63) is 157 Å². The smallest absolute Gasteiger partial charge is 0.135 e. The molecule has 0 aromatic heterocycles. The lowest BCUT2D eigenvalue weighted by atomic mass is 9.70. The molecule has 4 nitrogen and oxygen atoms in total. The quantitative estimate of drug-likeness (QED) is 0.209. The zero-order valence-corrected chi connectivity index (χ0v) is 22.0. The number of nitrogen functional groups attached to an aromatic ring is 2. The lowest BCUT2D eigenvalue weighted by Gasteiger charge is -2.34. The fourth-order valence-corrected chi connectivity index (χ4v) is 5.27. The van der Waals surface area contributed by atoms with E-state index in [1.165, 1.54) is 5.56 Å². The van der Waals surface area contributed by atoms with Crippen LogP contribution in [-0.2, 0) is 5.41 Å². The van der Waals surface area contributed by atoms with Gasteiger partial charge in [0.1, 0.15) is 23.0 Å². The van der Waals surface area contributed by atoms with Crippen molar-refractivity contribution in [3.63, 3.8) is 0 Å². The van der Waals surface area contributed by atoms with Gasteiger partial charge >= 0.3 is 0 Å². The zero-order valence-electron chi connectivity index (χ0n) is 22.0. The van der Waals surface area contributed by atoms with Crippen molar-refractivity contribution in [2.45, 2.75) is 11.8 Å². The fourth-order valence-electron chi connectivity index (χ4n) is 5.27. The van der Waals surface area contributed by atoms with Crippen molar-refractivity contribution in [1.82, 2.24) is 0 Å². The number of hydrogen-bond acceptors (Lipinski definition) is 4. The number of rotatable bonds is 7. The molecule has 0 saturated carbocycles. The molecule has 1 atom stereocenters. The standard InChI is InChI=1S/C36H30N2O2/c37-28-10-8-12-30(24-28)39-34-16-4-2-14-32(34)26-18-20-27(21-19-26)36(22-6-1-7-23-36)33-15-3-5-17-35(33)40-31-13-9-11-29(38)25-31/h1-22,24-25H,23,37-38H2. The summed E-state index contributed by atoms with van der Waals surface area (Å²) in [5.41, 5.74) is 17.3. The van der Waals surface area contributed by atoms with E-state index in [0.29, 0.717) is 22.9 Å². The normalized spacial score (nSPS) is 16.0. The summed E-state index contributed by atoms with van der Waals surface area (Å²) in [4.78, 5) is 0. The average molecular weight is 523 g/mol. The van der Waals surface area contributed by atoms with Crippen molar-refractivity contribution in [2.24, 2.45) is 0 Å². The van der Waals surface area contributed by atoms with Crippen molar-refractivity contribution in [2.75, 3.05) is 11.5 Å². The molecule has 4 heteroatoms. The molecule has 1 aliphatic rings. The van der Waals surface area contributed by atoms with Gasteiger partial charge in [0.2, 0.25) is 0 Å². The van der Waals surface area contributed by atoms with E-state index in [9.17, 15) is 0 Å². The molecule has 0 aliphatic heterocycles. The van der Waals surface area contributed by atoms with Crippen LogP contribution in [0.2, 0.25) is 0 Å². The van der Waals surface area contributed by atoms with Crippen LogP contribution in [0.5, 0.6) is 23.0 Å². The van der Waals surface area contributed by atoms with Crippen LogP contribution in [0.3, 0.4) is 0 Å². The summed E-state index contributed by atoms with van der Waals surface area (Å²) < 4.78 is 12.6. The van der Waals surface area contributed by atoms with Gasteiger partial charge in [0, 0.05) is 40.0 Å². The van der Waals surface area contributed by atoms with E-state index in [1.54, 1.807) is 0 Å². The number of ether oxygens (including phenoxy) is 2. The SMILES string of the molecule is Nc1cccc(Oc2ccccc2-c2ccc(C3(c4ccccc4Oc4cccc(N)c4)C=CC=CC3)cc2)c1. The molecule has 1 unspecified atom stereocenters. The molecule has 0 fully saturated rings. The van der Waals surface area contributed by atoms with Crippen molar-refractivity contribution in [1.29, 1.82) is 0 Å². The number of para-hydroxylation sites is 2. The summed E-state index contributed by atoms with van der Waals surface area (Å²) in [6.45, 7) is 0. The highest BCUT2D eigenvalue weighted by molar-refractivity contribution is 5.72. The van der Waals surface area contributed by atoms with E-state index < -0.39 is 0 Å². The summed E-state index contributed by atoms with van der Waals surface area (Å²) in [7, 11) is 0. The highest BCUT2D eigenvalue weighted by Gasteiger charge is 2.34. The predicted molar refractivity (Wildman–Crippen MR) is 164 cm³/mol. The van der Waals surface area contributed by atoms with Crippen LogP contribution in [0.4, 0.5) is 11.4 Å². The summed E-state index contributed by atoms with van der Waals surface area (Å²) >= 11 is 0. The molecule has 196 valence electrons. The van der Waals surface area contributed by atoms with E-state index in [-0.39, 0.29) is 5.41 Å². The van der Waals surface area contributed by atoms with E-state index in [2.05, 4.69) is 66.8 Å². The second-order valence-electron chi connectivity index (χ2n) is 9.88. The molecule has 5 aromatic carbocycles. The Morgan fingerprint density at radius 1 is 0.575 bits per heavy atom. The maximum atomic E-state index is 6.40. The molecule has 40 heavy (non-hydrogen) atoms. The highest BCUT2D eigenvalue weighted by atomic mass is 16.5. The second-order valence-corrected chi connectivity index (χ2v) is 9.88. The number of allylic oxidation sites excluding steroid dienone is 4. The molecule has 0 radical (unpaired) electrons. The van der Waals surface area contributed by atoms with Crippen molar-refractivity contribution in [3.8, 4) is 34.1 Å². The third-order valence-electron chi connectivity index (χ3n) is 7.21. The molecule has 0 saturated heterocycles. The molecule has 4 N–H and O–H groups in total. The lowest BCUT2D eigenvalue weighted by molar-refractivity contribution is 0.463. The number of hydrogen-bond donors (Lipinski definition) is 2. The monoisotopic (exact) mass is 522 g/mol. The van der Waals surface area contributed by atoms with Gasteiger partial charge in [-0.15, -0.1) is 0 Å². The third kappa shape index (κ3) is 5.07. The first-order valence-electron chi connectivity index (χ1n) is 13.3.